The van der Waals surface area contributed by atoms with Gasteiger partial charge in [-0.3, -0.25) is 9.80 Å². The molecule has 0 spiro atoms. The van der Waals surface area contributed by atoms with Crippen LogP contribution in [0.2, 0.25) is 0 Å². The van der Waals surface area contributed by atoms with Crippen LogP contribution >= 0.6 is 0 Å². The minimum absolute atomic E-state index is 0.0648. The van der Waals surface area contributed by atoms with Crippen molar-refractivity contribution in [3.8, 4) is 0 Å². The maximum absolute atomic E-state index is 6.17. The van der Waals surface area contributed by atoms with E-state index in [0.717, 1.165) is 19.6 Å². The lowest BCUT2D eigenvalue weighted by molar-refractivity contribution is -0.0749. The molecule has 0 saturated carbocycles. The number of hydrogen-bond donors (Lipinski definition) is 0. The standard InChI is InChI=1S/C18H36N2O2/c1-17(2,3)20-11-9-19(10-12-20)13-15-7-8-16(22-15)14-21-18(4,5)6/h15-16H,7-14H2,1-6H3. The van der Waals surface area contributed by atoms with Crippen LogP contribution in [0.5, 0.6) is 0 Å². The molecule has 22 heavy (non-hydrogen) atoms. The average molecular weight is 312 g/mol. The van der Waals surface area contributed by atoms with Gasteiger partial charge in [0.15, 0.2) is 0 Å². The third-order valence-corrected chi connectivity index (χ3v) is 4.68. The van der Waals surface area contributed by atoms with E-state index >= 15 is 0 Å². The highest BCUT2D eigenvalue weighted by Crippen LogP contribution is 2.23. The minimum atomic E-state index is -0.0648. The van der Waals surface area contributed by atoms with Crippen molar-refractivity contribution in [3.63, 3.8) is 0 Å². The lowest BCUT2D eigenvalue weighted by Crippen LogP contribution is -2.54. The molecule has 2 saturated heterocycles. The normalized spacial score (nSPS) is 29.2. The van der Waals surface area contributed by atoms with Gasteiger partial charge < -0.3 is 9.47 Å². The first-order chi connectivity index (χ1) is 10.1. The average Bonchev–Trinajstić information content (AvgIpc) is 2.83. The number of piperazine rings is 1. The number of rotatable bonds is 4. The molecule has 0 radical (unpaired) electrons. The molecule has 0 aromatic carbocycles. The highest BCUT2D eigenvalue weighted by molar-refractivity contribution is 4.84. The van der Waals surface area contributed by atoms with Crippen molar-refractivity contribution in [2.45, 2.75) is 77.7 Å². The van der Waals surface area contributed by atoms with Gasteiger partial charge in [0.05, 0.1) is 24.4 Å². The Morgan fingerprint density at radius 1 is 0.909 bits per heavy atom. The van der Waals surface area contributed by atoms with Crippen LogP contribution in [-0.2, 0) is 9.47 Å². The van der Waals surface area contributed by atoms with Crippen LogP contribution in [0.4, 0.5) is 0 Å². The first-order valence-corrected chi connectivity index (χ1v) is 8.90. The largest absolute Gasteiger partial charge is 0.373 e. The van der Waals surface area contributed by atoms with Crippen molar-refractivity contribution in [2.75, 3.05) is 39.3 Å². The zero-order valence-electron chi connectivity index (χ0n) is 15.5. The Bertz CT molecular complexity index is 338. The number of hydrogen-bond acceptors (Lipinski definition) is 4. The quantitative estimate of drug-likeness (QED) is 0.797. The van der Waals surface area contributed by atoms with Crippen molar-refractivity contribution < 1.29 is 9.47 Å². The van der Waals surface area contributed by atoms with Crippen molar-refractivity contribution in [3.05, 3.63) is 0 Å². The summed E-state index contributed by atoms with van der Waals surface area (Å²) in [6.45, 7) is 19.7. The van der Waals surface area contributed by atoms with E-state index in [4.69, 9.17) is 9.47 Å². The van der Waals surface area contributed by atoms with Gasteiger partial charge in [-0.15, -0.1) is 0 Å². The summed E-state index contributed by atoms with van der Waals surface area (Å²) in [5.41, 5.74) is 0.232. The van der Waals surface area contributed by atoms with Crippen molar-refractivity contribution >= 4 is 0 Å². The van der Waals surface area contributed by atoms with Gasteiger partial charge in [-0.1, -0.05) is 0 Å². The fourth-order valence-corrected chi connectivity index (χ4v) is 3.27. The van der Waals surface area contributed by atoms with Crippen LogP contribution < -0.4 is 0 Å². The zero-order valence-corrected chi connectivity index (χ0v) is 15.5. The van der Waals surface area contributed by atoms with Crippen LogP contribution in [0.15, 0.2) is 0 Å². The van der Waals surface area contributed by atoms with Crippen LogP contribution in [0, 0.1) is 0 Å². The topological polar surface area (TPSA) is 24.9 Å². The lowest BCUT2D eigenvalue weighted by atomic mass is 10.0. The molecule has 4 heteroatoms. The van der Waals surface area contributed by atoms with E-state index < -0.39 is 0 Å². The molecule has 0 aromatic heterocycles. The predicted molar refractivity (Wildman–Crippen MR) is 91.4 cm³/mol. The minimum Gasteiger partial charge on any atom is -0.373 e. The molecule has 2 aliphatic heterocycles. The highest BCUT2D eigenvalue weighted by atomic mass is 16.6. The van der Waals surface area contributed by atoms with Gasteiger partial charge in [-0.05, 0) is 54.4 Å². The Hall–Kier alpha value is -0.160. The van der Waals surface area contributed by atoms with Gasteiger partial charge in [-0.25, -0.2) is 0 Å². The van der Waals surface area contributed by atoms with E-state index in [2.05, 4.69) is 51.3 Å². The molecule has 0 amide bonds. The van der Waals surface area contributed by atoms with Crippen LogP contribution in [0.25, 0.3) is 0 Å². The van der Waals surface area contributed by atoms with Gasteiger partial charge in [0, 0.05) is 38.3 Å². The molecule has 2 rings (SSSR count). The maximum Gasteiger partial charge on any atom is 0.0814 e. The van der Waals surface area contributed by atoms with Gasteiger partial charge in [0.25, 0.3) is 0 Å². The monoisotopic (exact) mass is 312 g/mol. The van der Waals surface area contributed by atoms with Gasteiger partial charge in [0.2, 0.25) is 0 Å². The molecule has 130 valence electrons. The van der Waals surface area contributed by atoms with Crippen LogP contribution in [-0.4, -0.2) is 72.5 Å². The summed E-state index contributed by atoms with van der Waals surface area (Å²) in [7, 11) is 0. The van der Waals surface area contributed by atoms with Crippen molar-refractivity contribution in [2.24, 2.45) is 0 Å². The maximum atomic E-state index is 6.17. The van der Waals surface area contributed by atoms with Crippen LogP contribution in [0.3, 0.4) is 0 Å². The van der Waals surface area contributed by atoms with E-state index in [9.17, 15) is 0 Å². The summed E-state index contributed by atoms with van der Waals surface area (Å²) in [6, 6.07) is 0. The summed E-state index contributed by atoms with van der Waals surface area (Å²) in [5.74, 6) is 0. The molecular weight excluding hydrogens is 276 g/mol. The fourth-order valence-electron chi connectivity index (χ4n) is 3.27. The molecule has 0 aromatic rings. The molecule has 4 nitrogen and oxygen atoms in total. The Labute approximate surface area is 137 Å². The number of nitrogens with zero attached hydrogens (tertiary/aromatic N) is 2. The number of ether oxygens (including phenoxy) is 2. The second-order valence-corrected chi connectivity index (χ2v) is 8.84. The Balaban J connectivity index is 1.67. The summed E-state index contributed by atoms with van der Waals surface area (Å²) < 4.78 is 12.0. The predicted octanol–water partition coefficient (Wildman–Crippen LogP) is 2.77. The molecule has 2 unspecified atom stereocenters. The molecule has 2 atom stereocenters. The highest BCUT2D eigenvalue weighted by Gasteiger charge is 2.31. The molecular formula is C18H36N2O2. The fraction of sp³-hybridized carbons (Fsp3) is 1.00. The smallest absolute Gasteiger partial charge is 0.0814 e. The molecule has 2 fully saturated rings. The first kappa shape index (κ1) is 18.2. The van der Waals surface area contributed by atoms with E-state index in [1.807, 2.05) is 0 Å². The third-order valence-electron chi connectivity index (χ3n) is 4.68. The second kappa shape index (κ2) is 7.16. The van der Waals surface area contributed by atoms with Gasteiger partial charge in [0.1, 0.15) is 0 Å². The Morgan fingerprint density at radius 3 is 2.05 bits per heavy atom. The van der Waals surface area contributed by atoms with E-state index in [1.165, 1.54) is 32.6 Å². The Kier molecular flexibility index (Phi) is 5.92. The van der Waals surface area contributed by atoms with Crippen LogP contribution in [0.1, 0.15) is 54.4 Å². The van der Waals surface area contributed by atoms with E-state index in [0.29, 0.717) is 17.7 Å². The summed E-state index contributed by atoms with van der Waals surface area (Å²) in [5, 5.41) is 0. The van der Waals surface area contributed by atoms with Crippen molar-refractivity contribution in [1.82, 2.24) is 9.80 Å². The van der Waals surface area contributed by atoms with Gasteiger partial charge in [-0.2, -0.15) is 0 Å². The lowest BCUT2D eigenvalue weighted by Gasteiger charge is -2.42. The molecule has 0 aliphatic carbocycles. The first-order valence-electron chi connectivity index (χ1n) is 8.90. The van der Waals surface area contributed by atoms with Gasteiger partial charge >= 0.3 is 0 Å². The van der Waals surface area contributed by atoms with Crippen molar-refractivity contribution in [1.29, 1.82) is 0 Å². The third kappa shape index (κ3) is 5.80. The summed E-state index contributed by atoms with van der Waals surface area (Å²) in [4.78, 5) is 5.15. The molecule has 0 N–H and O–H groups in total. The van der Waals surface area contributed by atoms with E-state index in [1.54, 1.807) is 0 Å². The zero-order chi connectivity index (χ0) is 16.4. The van der Waals surface area contributed by atoms with E-state index in [-0.39, 0.29) is 5.60 Å². The Morgan fingerprint density at radius 2 is 1.50 bits per heavy atom. The molecule has 0 bridgehead atoms. The molecule has 2 aliphatic rings. The summed E-state index contributed by atoms with van der Waals surface area (Å²) >= 11 is 0. The SMILES string of the molecule is CC(C)(C)OCC1CCC(CN2CCN(C(C)(C)C)CC2)O1. The second-order valence-electron chi connectivity index (χ2n) is 8.84. The molecule has 2 heterocycles. The summed E-state index contributed by atoms with van der Waals surface area (Å²) in [6.07, 6.45) is 3.01.